The zero-order valence-corrected chi connectivity index (χ0v) is 16.7. The highest BCUT2D eigenvalue weighted by atomic mass is 35.5. The van der Waals surface area contributed by atoms with Gasteiger partial charge in [0.05, 0.1) is 10.4 Å². The minimum atomic E-state index is -0.907. The number of carboxylic acids is 1. The number of ether oxygens (including phenoxy) is 2. The van der Waals surface area contributed by atoms with Gasteiger partial charge in [0.1, 0.15) is 9.47 Å². The average molecular weight is 437 g/mol. The molecule has 0 bridgehead atoms. The first-order valence-corrected chi connectivity index (χ1v) is 9.90. The Labute approximate surface area is 174 Å². The second kappa shape index (κ2) is 7.57. The smallest absolute Gasteiger partial charge is 0.303 e. The van der Waals surface area contributed by atoms with Crippen LogP contribution in [0, 0.1) is 0 Å². The molecule has 28 heavy (non-hydrogen) atoms. The van der Waals surface area contributed by atoms with Gasteiger partial charge in [-0.15, -0.1) is 0 Å². The average Bonchev–Trinajstić information content (AvgIpc) is 3.19. The standard InChI is InChI=1S/C18H13ClN2O5S2/c19-16-10(4-9-5-12-13(26-8-25-12)7-11(9)20-16)6-14-17(24)21(18(27)28-14)3-1-2-15(22)23/h4-7H,1-3,8H2,(H,22,23). The van der Waals surface area contributed by atoms with Crippen molar-refractivity contribution >= 4 is 68.8 Å². The van der Waals surface area contributed by atoms with Crippen LogP contribution in [0.1, 0.15) is 18.4 Å². The van der Waals surface area contributed by atoms with Crippen LogP contribution in [0.25, 0.3) is 17.0 Å². The van der Waals surface area contributed by atoms with Crippen molar-refractivity contribution in [1.29, 1.82) is 0 Å². The van der Waals surface area contributed by atoms with Gasteiger partial charge in [0, 0.05) is 30.0 Å². The van der Waals surface area contributed by atoms with E-state index in [2.05, 4.69) is 4.98 Å². The number of aromatic nitrogens is 1. The quantitative estimate of drug-likeness (QED) is 0.431. The minimum Gasteiger partial charge on any atom is -0.481 e. The Balaban J connectivity index is 1.61. The molecule has 2 aliphatic rings. The molecule has 2 aromatic rings. The first-order chi connectivity index (χ1) is 13.4. The summed E-state index contributed by atoms with van der Waals surface area (Å²) in [5.74, 6) is 0.0801. The van der Waals surface area contributed by atoms with Gasteiger partial charge in [0.25, 0.3) is 5.91 Å². The molecule has 0 saturated carbocycles. The fourth-order valence-electron chi connectivity index (χ4n) is 2.88. The molecule has 3 heterocycles. The Bertz CT molecular complexity index is 1060. The van der Waals surface area contributed by atoms with Crippen LogP contribution in [-0.4, -0.2) is 44.5 Å². The van der Waals surface area contributed by atoms with Gasteiger partial charge < -0.3 is 14.6 Å². The van der Waals surface area contributed by atoms with Gasteiger partial charge in [-0.3, -0.25) is 14.5 Å². The van der Waals surface area contributed by atoms with Crippen molar-refractivity contribution in [3.63, 3.8) is 0 Å². The molecule has 1 amide bonds. The lowest BCUT2D eigenvalue weighted by atomic mass is 10.1. The number of halogens is 1. The highest BCUT2D eigenvalue weighted by Gasteiger charge is 2.32. The summed E-state index contributed by atoms with van der Waals surface area (Å²) in [6.45, 7) is 0.429. The third-order valence-corrected chi connectivity index (χ3v) is 5.90. The summed E-state index contributed by atoms with van der Waals surface area (Å²) < 4.78 is 11.1. The highest BCUT2D eigenvalue weighted by Crippen LogP contribution is 2.38. The molecule has 1 N–H and O–H groups in total. The number of pyridine rings is 1. The van der Waals surface area contributed by atoms with Crippen molar-refractivity contribution in [3.05, 3.63) is 33.8 Å². The SMILES string of the molecule is O=C(O)CCCN1C(=O)C(=Cc2cc3cc4c(cc3nc2Cl)OCO4)SC1=S. The fourth-order valence-corrected chi connectivity index (χ4v) is 4.38. The van der Waals surface area contributed by atoms with Crippen LogP contribution in [0.2, 0.25) is 5.15 Å². The van der Waals surface area contributed by atoms with Gasteiger partial charge in [0.2, 0.25) is 6.79 Å². The summed E-state index contributed by atoms with van der Waals surface area (Å²) >= 11 is 12.7. The fraction of sp³-hybridized carbons (Fsp3) is 0.222. The predicted octanol–water partition coefficient (Wildman–Crippen LogP) is 3.68. The second-order valence-electron chi connectivity index (χ2n) is 6.10. The van der Waals surface area contributed by atoms with Crippen LogP contribution >= 0.6 is 35.6 Å². The number of thioether (sulfide) groups is 1. The van der Waals surface area contributed by atoms with Gasteiger partial charge in [-0.25, -0.2) is 4.98 Å². The van der Waals surface area contributed by atoms with Crippen molar-refractivity contribution in [2.75, 3.05) is 13.3 Å². The lowest BCUT2D eigenvalue weighted by Gasteiger charge is -2.13. The largest absolute Gasteiger partial charge is 0.481 e. The maximum absolute atomic E-state index is 12.6. The zero-order chi connectivity index (χ0) is 19.8. The molecule has 10 heteroatoms. The molecule has 0 radical (unpaired) electrons. The molecule has 0 atom stereocenters. The van der Waals surface area contributed by atoms with Crippen LogP contribution in [0.3, 0.4) is 0 Å². The van der Waals surface area contributed by atoms with Crippen LogP contribution in [0.4, 0.5) is 0 Å². The number of carboxylic acid groups (broad SMARTS) is 1. The second-order valence-corrected chi connectivity index (χ2v) is 8.13. The van der Waals surface area contributed by atoms with E-state index < -0.39 is 5.97 Å². The number of rotatable bonds is 5. The molecule has 1 fully saturated rings. The molecule has 0 unspecified atom stereocenters. The molecule has 0 spiro atoms. The van der Waals surface area contributed by atoms with Crippen molar-refractivity contribution in [1.82, 2.24) is 9.88 Å². The van der Waals surface area contributed by atoms with Gasteiger partial charge in [-0.2, -0.15) is 0 Å². The molecule has 1 aromatic carbocycles. The number of hydrogen-bond acceptors (Lipinski definition) is 7. The van der Waals surface area contributed by atoms with Gasteiger partial charge in [0.15, 0.2) is 11.5 Å². The summed E-state index contributed by atoms with van der Waals surface area (Å²) in [6, 6.07) is 5.40. The molecule has 7 nitrogen and oxygen atoms in total. The van der Waals surface area contributed by atoms with Crippen molar-refractivity contribution in [2.45, 2.75) is 12.8 Å². The van der Waals surface area contributed by atoms with E-state index in [4.69, 9.17) is 38.4 Å². The van der Waals surface area contributed by atoms with E-state index in [1.807, 2.05) is 12.1 Å². The summed E-state index contributed by atoms with van der Waals surface area (Å²) in [5.41, 5.74) is 1.24. The Morgan fingerprint density at radius 3 is 2.86 bits per heavy atom. The first-order valence-electron chi connectivity index (χ1n) is 8.29. The van der Waals surface area contributed by atoms with Crippen LogP contribution < -0.4 is 9.47 Å². The molecule has 144 valence electrons. The number of nitrogens with zero attached hydrogens (tertiary/aromatic N) is 2. The Kier molecular flexibility index (Phi) is 5.13. The summed E-state index contributed by atoms with van der Waals surface area (Å²) in [4.78, 5) is 29.5. The van der Waals surface area contributed by atoms with E-state index in [9.17, 15) is 9.59 Å². The van der Waals surface area contributed by atoms with E-state index in [1.54, 1.807) is 12.1 Å². The van der Waals surface area contributed by atoms with Crippen LogP contribution in [-0.2, 0) is 9.59 Å². The van der Waals surface area contributed by atoms with Crippen molar-refractivity contribution in [3.8, 4) is 11.5 Å². The number of benzene rings is 1. The van der Waals surface area contributed by atoms with Crippen molar-refractivity contribution < 1.29 is 24.2 Å². The van der Waals surface area contributed by atoms with E-state index in [1.165, 1.54) is 4.90 Å². The molecule has 1 saturated heterocycles. The van der Waals surface area contributed by atoms with Gasteiger partial charge in [-0.1, -0.05) is 35.6 Å². The van der Waals surface area contributed by atoms with Crippen molar-refractivity contribution in [2.24, 2.45) is 0 Å². The molecule has 4 rings (SSSR count). The zero-order valence-electron chi connectivity index (χ0n) is 14.3. The number of carbonyl (C=O) groups is 2. The molecule has 1 aromatic heterocycles. The number of hydrogen-bond donors (Lipinski definition) is 1. The van der Waals surface area contributed by atoms with Crippen LogP contribution in [0.15, 0.2) is 23.1 Å². The first kappa shape index (κ1) is 19.0. The molecular weight excluding hydrogens is 424 g/mol. The topological polar surface area (TPSA) is 89.0 Å². The highest BCUT2D eigenvalue weighted by molar-refractivity contribution is 8.26. The van der Waals surface area contributed by atoms with Gasteiger partial charge in [-0.05, 0) is 24.6 Å². The van der Waals surface area contributed by atoms with E-state index in [-0.39, 0.29) is 30.8 Å². The Morgan fingerprint density at radius 1 is 1.36 bits per heavy atom. The number of aliphatic carboxylic acids is 1. The number of carbonyl (C=O) groups excluding carboxylic acids is 1. The maximum atomic E-state index is 12.6. The van der Waals surface area contributed by atoms with E-state index in [0.29, 0.717) is 38.2 Å². The minimum absolute atomic E-state index is 0.0212. The molecular formula is C18H13ClN2O5S2. The van der Waals surface area contributed by atoms with E-state index in [0.717, 1.165) is 17.1 Å². The summed E-state index contributed by atoms with van der Waals surface area (Å²) in [7, 11) is 0. The third kappa shape index (κ3) is 3.65. The Morgan fingerprint density at radius 2 is 2.11 bits per heavy atom. The van der Waals surface area contributed by atoms with E-state index >= 15 is 0 Å². The number of fused-ring (bicyclic) bond motifs is 2. The molecule has 0 aliphatic carbocycles. The summed E-state index contributed by atoms with van der Waals surface area (Å²) in [6.07, 6.45) is 1.96. The Hall–Kier alpha value is -2.36. The number of thiocarbonyl (C=S) groups is 1. The third-order valence-electron chi connectivity index (χ3n) is 4.22. The molecule has 2 aliphatic heterocycles. The van der Waals surface area contributed by atoms with Crippen LogP contribution in [0.5, 0.6) is 11.5 Å². The summed E-state index contributed by atoms with van der Waals surface area (Å²) in [5, 5.41) is 9.81. The monoisotopic (exact) mass is 436 g/mol. The van der Waals surface area contributed by atoms with Gasteiger partial charge >= 0.3 is 5.97 Å². The number of amides is 1. The predicted molar refractivity (Wildman–Crippen MR) is 110 cm³/mol. The normalized spacial score (nSPS) is 17.2. The maximum Gasteiger partial charge on any atom is 0.303 e. The lowest BCUT2D eigenvalue weighted by Crippen LogP contribution is -2.29. The lowest BCUT2D eigenvalue weighted by molar-refractivity contribution is -0.137.